The number of nitrogens with two attached hydrogens (primary N) is 2. The zero-order valence-electron chi connectivity index (χ0n) is 17.6. The van der Waals surface area contributed by atoms with Gasteiger partial charge in [-0.3, -0.25) is 9.59 Å². The van der Waals surface area contributed by atoms with Crippen LogP contribution in [0.2, 0.25) is 0 Å². The van der Waals surface area contributed by atoms with Crippen molar-refractivity contribution in [2.75, 3.05) is 18.8 Å². The number of para-hydroxylation sites is 1. The predicted molar refractivity (Wildman–Crippen MR) is 121 cm³/mol. The summed E-state index contributed by atoms with van der Waals surface area (Å²) >= 11 is 0. The molecule has 4 rings (SSSR count). The SMILES string of the molecule is CC#CC(=O)N1CCC(n2nc(-c3ccc(Oc4ccccc4)cc3)c(C(N)=O)c2N)C1. The topological polar surface area (TPSA) is 116 Å². The molecule has 3 aromatic rings. The zero-order chi connectivity index (χ0) is 22.7. The van der Waals surface area contributed by atoms with Crippen LogP contribution in [-0.4, -0.2) is 39.6 Å². The second-order valence-corrected chi connectivity index (χ2v) is 7.43. The Morgan fingerprint density at radius 3 is 2.44 bits per heavy atom. The number of carbonyl (C=O) groups excluding carboxylic acids is 2. The Labute approximate surface area is 185 Å². The smallest absolute Gasteiger partial charge is 0.298 e. The summed E-state index contributed by atoms with van der Waals surface area (Å²) in [5.41, 5.74) is 13.2. The number of benzene rings is 2. The molecule has 0 spiro atoms. The van der Waals surface area contributed by atoms with E-state index in [-0.39, 0.29) is 23.3 Å². The molecule has 1 unspecified atom stereocenters. The molecule has 1 saturated heterocycles. The summed E-state index contributed by atoms with van der Waals surface area (Å²) < 4.78 is 7.41. The number of rotatable bonds is 5. The van der Waals surface area contributed by atoms with Crippen molar-refractivity contribution in [3.63, 3.8) is 0 Å². The third-order valence-corrected chi connectivity index (χ3v) is 5.33. The Bertz CT molecular complexity index is 1210. The highest BCUT2D eigenvalue weighted by Gasteiger charge is 2.31. The van der Waals surface area contributed by atoms with Crippen molar-refractivity contribution < 1.29 is 14.3 Å². The van der Waals surface area contributed by atoms with Gasteiger partial charge in [-0.1, -0.05) is 24.1 Å². The van der Waals surface area contributed by atoms with Gasteiger partial charge in [0.2, 0.25) is 0 Å². The number of amides is 2. The molecule has 1 aliphatic heterocycles. The Morgan fingerprint density at radius 1 is 1.09 bits per heavy atom. The highest BCUT2D eigenvalue weighted by molar-refractivity contribution is 6.03. The lowest BCUT2D eigenvalue weighted by Gasteiger charge is -2.14. The molecule has 1 aromatic heterocycles. The monoisotopic (exact) mass is 429 g/mol. The maximum atomic E-state index is 12.2. The lowest BCUT2D eigenvalue weighted by atomic mass is 10.1. The van der Waals surface area contributed by atoms with Gasteiger partial charge < -0.3 is 21.1 Å². The van der Waals surface area contributed by atoms with Crippen molar-refractivity contribution in [3.8, 4) is 34.6 Å². The number of likely N-dealkylation sites (tertiary alicyclic amines) is 1. The van der Waals surface area contributed by atoms with Crippen LogP contribution < -0.4 is 16.2 Å². The molecule has 0 aliphatic carbocycles. The first-order chi connectivity index (χ1) is 15.5. The van der Waals surface area contributed by atoms with E-state index in [0.717, 1.165) is 5.75 Å². The van der Waals surface area contributed by atoms with Crippen molar-refractivity contribution in [3.05, 3.63) is 60.2 Å². The lowest BCUT2D eigenvalue weighted by Crippen LogP contribution is -2.28. The molecular weight excluding hydrogens is 406 g/mol. The van der Waals surface area contributed by atoms with Gasteiger partial charge in [-0.15, -0.1) is 0 Å². The van der Waals surface area contributed by atoms with Crippen LogP contribution >= 0.6 is 0 Å². The number of ether oxygens (including phenoxy) is 1. The minimum atomic E-state index is -0.656. The molecule has 8 nitrogen and oxygen atoms in total. The largest absolute Gasteiger partial charge is 0.457 e. The summed E-state index contributed by atoms with van der Waals surface area (Å²) in [6.07, 6.45) is 0.657. The van der Waals surface area contributed by atoms with E-state index in [0.29, 0.717) is 36.5 Å². The number of carbonyl (C=O) groups is 2. The Kier molecular flexibility index (Phi) is 5.81. The molecule has 2 amide bonds. The highest BCUT2D eigenvalue weighted by Crippen LogP contribution is 2.33. The molecule has 0 radical (unpaired) electrons. The fourth-order valence-electron chi connectivity index (χ4n) is 3.79. The van der Waals surface area contributed by atoms with E-state index in [9.17, 15) is 9.59 Å². The third-order valence-electron chi connectivity index (χ3n) is 5.33. The highest BCUT2D eigenvalue weighted by atomic mass is 16.5. The molecule has 2 heterocycles. The molecule has 0 bridgehead atoms. The third kappa shape index (κ3) is 4.14. The second kappa shape index (κ2) is 8.86. The summed E-state index contributed by atoms with van der Waals surface area (Å²) in [5, 5.41) is 4.61. The number of anilines is 1. The van der Waals surface area contributed by atoms with Crippen molar-refractivity contribution in [1.82, 2.24) is 14.7 Å². The Balaban J connectivity index is 1.61. The van der Waals surface area contributed by atoms with Gasteiger partial charge in [-0.25, -0.2) is 4.68 Å². The Morgan fingerprint density at radius 2 is 1.78 bits per heavy atom. The van der Waals surface area contributed by atoms with Gasteiger partial charge in [-0.2, -0.15) is 5.10 Å². The Hall–Kier alpha value is -4.25. The maximum Gasteiger partial charge on any atom is 0.298 e. The molecule has 8 heteroatoms. The summed E-state index contributed by atoms with van der Waals surface area (Å²) in [4.78, 5) is 25.9. The molecule has 162 valence electrons. The molecule has 1 atom stereocenters. The van der Waals surface area contributed by atoms with E-state index in [1.807, 2.05) is 30.3 Å². The van der Waals surface area contributed by atoms with Crippen molar-refractivity contribution in [2.45, 2.75) is 19.4 Å². The van der Waals surface area contributed by atoms with E-state index in [2.05, 4.69) is 16.9 Å². The second-order valence-electron chi connectivity index (χ2n) is 7.43. The molecule has 0 saturated carbocycles. The van der Waals surface area contributed by atoms with Crippen LogP contribution in [0.4, 0.5) is 5.82 Å². The van der Waals surface area contributed by atoms with Gasteiger partial charge in [0.25, 0.3) is 11.8 Å². The van der Waals surface area contributed by atoms with Gasteiger partial charge >= 0.3 is 0 Å². The van der Waals surface area contributed by atoms with Crippen molar-refractivity contribution in [1.29, 1.82) is 0 Å². The van der Waals surface area contributed by atoms with Gasteiger partial charge in [0.05, 0.1) is 6.04 Å². The molecular formula is C24H23N5O3. The van der Waals surface area contributed by atoms with Crippen molar-refractivity contribution in [2.24, 2.45) is 5.73 Å². The summed E-state index contributed by atoms with van der Waals surface area (Å²) in [6, 6.07) is 16.5. The van der Waals surface area contributed by atoms with Gasteiger partial charge in [0, 0.05) is 18.7 Å². The molecule has 1 aliphatic rings. The standard InChI is InChI=1S/C24H23N5O3/c1-2-6-20(30)28-14-13-17(15-28)29-23(25)21(24(26)31)22(27-29)16-9-11-19(12-10-16)32-18-7-4-3-5-8-18/h3-5,7-12,17H,13-15,25H2,1H3,(H2,26,31). The fraction of sp³-hybridized carbons (Fsp3) is 0.208. The maximum absolute atomic E-state index is 12.2. The van der Waals surface area contributed by atoms with E-state index in [1.54, 1.807) is 40.8 Å². The first kappa shape index (κ1) is 21.0. The minimum Gasteiger partial charge on any atom is -0.457 e. The summed E-state index contributed by atoms with van der Waals surface area (Å²) in [6.45, 7) is 2.59. The van der Waals surface area contributed by atoms with Crippen LogP contribution in [0.3, 0.4) is 0 Å². The number of primary amides is 1. The van der Waals surface area contributed by atoms with Gasteiger partial charge in [0.15, 0.2) is 0 Å². The molecule has 32 heavy (non-hydrogen) atoms. The van der Waals surface area contributed by atoms with Crippen LogP contribution in [-0.2, 0) is 4.79 Å². The van der Waals surface area contributed by atoms with Crippen LogP contribution in [0.15, 0.2) is 54.6 Å². The lowest BCUT2D eigenvalue weighted by molar-refractivity contribution is -0.124. The molecule has 4 N–H and O–H groups in total. The minimum absolute atomic E-state index is 0.162. The number of nitrogen functional groups attached to an aromatic ring is 1. The quantitative estimate of drug-likeness (QED) is 0.605. The number of nitrogens with zero attached hydrogens (tertiary/aromatic N) is 3. The van der Waals surface area contributed by atoms with Gasteiger partial charge in [-0.05, 0) is 55.7 Å². The average Bonchev–Trinajstić information content (AvgIpc) is 3.40. The van der Waals surface area contributed by atoms with Crippen LogP contribution in [0.25, 0.3) is 11.3 Å². The predicted octanol–water partition coefficient (Wildman–Crippen LogP) is 2.82. The van der Waals surface area contributed by atoms with E-state index >= 15 is 0 Å². The number of hydrogen-bond acceptors (Lipinski definition) is 5. The first-order valence-electron chi connectivity index (χ1n) is 10.2. The van der Waals surface area contributed by atoms with E-state index in [1.165, 1.54) is 0 Å². The number of aromatic nitrogens is 2. The molecule has 1 fully saturated rings. The van der Waals surface area contributed by atoms with Crippen LogP contribution in [0.1, 0.15) is 29.7 Å². The van der Waals surface area contributed by atoms with E-state index < -0.39 is 5.91 Å². The number of hydrogen-bond donors (Lipinski definition) is 2. The average molecular weight is 429 g/mol. The zero-order valence-corrected chi connectivity index (χ0v) is 17.6. The van der Waals surface area contributed by atoms with Gasteiger partial charge in [0.1, 0.15) is 28.6 Å². The van der Waals surface area contributed by atoms with E-state index in [4.69, 9.17) is 16.2 Å². The molecule has 2 aromatic carbocycles. The van der Waals surface area contributed by atoms with Crippen LogP contribution in [0, 0.1) is 11.8 Å². The normalized spacial score (nSPS) is 15.2. The summed E-state index contributed by atoms with van der Waals surface area (Å²) in [5.74, 6) is 5.84. The fourth-order valence-corrected chi connectivity index (χ4v) is 3.79. The van der Waals surface area contributed by atoms with Crippen LogP contribution in [0.5, 0.6) is 11.5 Å². The van der Waals surface area contributed by atoms with Crippen molar-refractivity contribution >= 4 is 17.6 Å². The first-order valence-corrected chi connectivity index (χ1v) is 10.2. The summed E-state index contributed by atoms with van der Waals surface area (Å²) in [7, 11) is 0.